The van der Waals surface area contributed by atoms with E-state index in [4.69, 9.17) is 16.3 Å². The highest BCUT2D eigenvalue weighted by Gasteiger charge is 2.37. The van der Waals surface area contributed by atoms with Gasteiger partial charge in [-0.15, -0.1) is 11.8 Å². The molecule has 3 rings (SSSR count). The van der Waals surface area contributed by atoms with Gasteiger partial charge >= 0.3 is 0 Å². The normalized spacial score (nSPS) is 18.5. The van der Waals surface area contributed by atoms with Crippen LogP contribution in [0.3, 0.4) is 0 Å². The van der Waals surface area contributed by atoms with Gasteiger partial charge in [-0.2, -0.15) is 4.31 Å². The third-order valence-electron chi connectivity index (χ3n) is 4.28. The quantitative estimate of drug-likeness (QED) is 0.767. The topological polar surface area (TPSA) is 46.6 Å². The van der Waals surface area contributed by atoms with Crippen molar-refractivity contribution in [1.82, 2.24) is 4.31 Å². The number of benzene rings is 2. The molecule has 0 amide bonds. The summed E-state index contributed by atoms with van der Waals surface area (Å²) in [6.07, 6.45) is 0. The number of sulfonamides is 1. The molecule has 0 aromatic heterocycles. The summed E-state index contributed by atoms with van der Waals surface area (Å²) >= 11 is 7.58. The molecule has 25 heavy (non-hydrogen) atoms. The second-order valence-electron chi connectivity index (χ2n) is 5.98. The number of aryl methyl sites for hydroxylation is 2. The molecule has 0 spiro atoms. The molecule has 2 aromatic carbocycles. The zero-order valence-electron chi connectivity index (χ0n) is 14.3. The number of methoxy groups -OCH3 is 1. The SMILES string of the molecule is COc1cc(C)c(S(=O)(=O)N2CCSC2c2ccc(Cl)cc2)cc1C. The Labute approximate surface area is 158 Å². The predicted octanol–water partition coefficient (Wildman–Crippen LogP) is 4.40. The molecule has 0 bridgehead atoms. The van der Waals surface area contributed by atoms with Gasteiger partial charge in [-0.3, -0.25) is 0 Å². The maximum atomic E-state index is 13.3. The second-order valence-corrected chi connectivity index (χ2v) is 9.46. The highest BCUT2D eigenvalue weighted by Crippen LogP contribution is 2.42. The number of thioether (sulfide) groups is 1. The number of hydrogen-bond acceptors (Lipinski definition) is 4. The molecular weight excluding hydrogens is 378 g/mol. The first-order valence-electron chi connectivity index (χ1n) is 7.88. The summed E-state index contributed by atoms with van der Waals surface area (Å²) in [6, 6.07) is 10.8. The zero-order chi connectivity index (χ0) is 18.2. The molecule has 4 nitrogen and oxygen atoms in total. The maximum Gasteiger partial charge on any atom is 0.244 e. The van der Waals surface area contributed by atoms with Crippen molar-refractivity contribution < 1.29 is 13.2 Å². The smallest absolute Gasteiger partial charge is 0.244 e. The summed E-state index contributed by atoms with van der Waals surface area (Å²) in [5, 5.41) is 0.409. The van der Waals surface area contributed by atoms with Crippen molar-refractivity contribution in [2.24, 2.45) is 0 Å². The van der Waals surface area contributed by atoms with E-state index in [-0.39, 0.29) is 5.37 Å². The van der Waals surface area contributed by atoms with Gasteiger partial charge in [-0.05, 0) is 54.8 Å². The van der Waals surface area contributed by atoms with E-state index in [2.05, 4.69) is 0 Å². The fourth-order valence-electron chi connectivity index (χ4n) is 2.98. The van der Waals surface area contributed by atoms with Crippen LogP contribution in [0, 0.1) is 13.8 Å². The Hall–Kier alpha value is -1.21. The van der Waals surface area contributed by atoms with Crippen molar-refractivity contribution in [2.45, 2.75) is 24.1 Å². The van der Waals surface area contributed by atoms with Crippen LogP contribution in [0.1, 0.15) is 22.1 Å². The molecule has 7 heteroatoms. The van der Waals surface area contributed by atoms with Gasteiger partial charge in [0.2, 0.25) is 10.0 Å². The van der Waals surface area contributed by atoms with Crippen molar-refractivity contribution in [3.05, 3.63) is 58.1 Å². The van der Waals surface area contributed by atoms with Gasteiger partial charge in [-0.25, -0.2) is 8.42 Å². The van der Waals surface area contributed by atoms with Gasteiger partial charge in [0.1, 0.15) is 5.75 Å². The third-order valence-corrected chi connectivity index (χ3v) is 7.94. The van der Waals surface area contributed by atoms with Crippen LogP contribution in [-0.4, -0.2) is 32.1 Å². The Bertz CT molecular complexity index is 882. The Morgan fingerprint density at radius 2 is 1.84 bits per heavy atom. The highest BCUT2D eigenvalue weighted by molar-refractivity contribution is 8.01. The Morgan fingerprint density at radius 1 is 1.16 bits per heavy atom. The average molecular weight is 398 g/mol. The van der Waals surface area contributed by atoms with Crippen LogP contribution < -0.4 is 4.74 Å². The van der Waals surface area contributed by atoms with Gasteiger partial charge in [0.25, 0.3) is 0 Å². The summed E-state index contributed by atoms with van der Waals surface area (Å²) in [4.78, 5) is 0.340. The number of nitrogens with zero attached hydrogens (tertiary/aromatic N) is 1. The molecule has 0 N–H and O–H groups in total. The van der Waals surface area contributed by atoms with E-state index < -0.39 is 10.0 Å². The summed E-state index contributed by atoms with van der Waals surface area (Å²) < 4.78 is 33.5. The first-order chi connectivity index (χ1) is 11.8. The minimum absolute atomic E-state index is 0.232. The first-order valence-corrected chi connectivity index (χ1v) is 10.8. The molecule has 134 valence electrons. The number of ether oxygens (including phenoxy) is 1. The fraction of sp³-hybridized carbons (Fsp3) is 0.333. The molecule has 1 aliphatic heterocycles. The van der Waals surface area contributed by atoms with Gasteiger partial charge in [0.05, 0.1) is 17.4 Å². The molecule has 1 heterocycles. The summed E-state index contributed by atoms with van der Waals surface area (Å²) in [7, 11) is -2.01. The largest absolute Gasteiger partial charge is 0.496 e. The van der Waals surface area contributed by atoms with Crippen LogP contribution in [0.2, 0.25) is 5.02 Å². The lowest BCUT2D eigenvalue weighted by atomic mass is 10.1. The lowest BCUT2D eigenvalue weighted by Crippen LogP contribution is -2.31. The number of hydrogen-bond donors (Lipinski definition) is 0. The van der Waals surface area contributed by atoms with Gasteiger partial charge < -0.3 is 4.74 Å². The number of rotatable bonds is 4. The average Bonchev–Trinajstić information content (AvgIpc) is 3.07. The van der Waals surface area contributed by atoms with E-state index in [1.54, 1.807) is 54.4 Å². The minimum Gasteiger partial charge on any atom is -0.496 e. The van der Waals surface area contributed by atoms with Crippen molar-refractivity contribution in [3.8, 4) is 5.75 Å². The zero-order valence-corrected chi connectivity index (χ0v) is 16.7. The monoisotopic (exact) mass is 397 g/mol. The van der Waals surface area contributed by atoms with E-state index in [0.29, 0.717) is 27.8 Å². The van der Waals surface area contributed by atoms with Crippen molar-refractivity contribution in [1.29, 1.82) is 0 Å². The van der Waals surface area contributed by atoms with Crippen LogP contribution in [0.25, 0.3) is 0 Å². The first kappa shape index (κ1) is 18.6. The van der Waals surface area contributed by atoms with Crippen molar-refractivity contribution >= 4 is 33.4 Å². The Balaban J connectivity index is 2.01. The minimum atomic E-state index is -3.60. The van der Waals surface area contributed by atoms with Gasteiger partial charge in [0, 0.05) is 17.3 Å². The van der Waals surface area contributed by atoms with Crippen LogP contribution in [0.5, 0.6) is 5.75 Å². The van der Waals surface area contributed by atoms with Crippen molar-refractivity contribution in [2.75, 3.05) is 19.4 Å². The molecule has 0 aliphatic carbocycles. The standard InChI is InChI=1S/C18H20ClNO3S2/c1-12-11-17(13(2)10-16(12)23-3)25(21,22)20-8-9-24-18(20)14-4-6-15(19)7-5-14/h4-7,10-11,18H,8-9H2,1-3H3. The molecule has 2 aromatic rings. The van der Waals surface area contributed by atoms with Gasteiger partial charge in [0.15, 0.2) is 0 Å². The molecular formula is C18H20ClNO3S2. The van der Waals surface area contributed by atoms with Crippen LogP contribution in [0.15, 0.2) is 41.3 Å². The fourth-order valence-corrected chi connectivity index (χ4v) is 6.64. The number of halogens is 1. The molecule has 1 aliphatic rings. The summed E-state index contributed by atoms with van der Waals surface area (Å²) in [5.41, 5.74) is 2.44. The van der Waals surface area contributed by atoms with Crippen LogP contribution in [-0.2, 0) is 10.0 Å². The van der Waals surface area contributed by atoms with Crippen LogP contribution in [0.4, 0.5) is 0 Å². The Kier molecular flexibility index (Phi) is 5.34. The van der Waals surface area contributed by atoms with E-state index in [0.717, 1.165) is 16.9 Å². The maximum absolute atomic E-state index is 13.3. The second kappa shape index (κ2) is 7.19. The van der Waals surface area contributed by atoms with E-state index in [1.807, 2.05) is 19.1 Å². The predicted molar refractivity (Wildman–Crippen MR) is 103 cm³/mol. The molecule has 1 saturated heterocycles. The highest BCUT2D eigenvalue weighted by atomic mass is 35.5. The lowest BCUT2D eigenvalue weighted by Gasteiger charge is -2.25. The van der Waals surface area contributed by atoms with E-state index in [1.165, 1.54) is 0 Å². The lowest BCUT2D eigenvalue weighted by molar-refractivity contribution is 0.410. The molecule has 0 saturated carbocycles. The Morgan fingerprint density at radius 3 is 2.48 bits per heavy atom. The van der Waals surface area contributed by atoms with E-state index in [9.17, 15) is 8.42 Å². The summed E-state index contributed by atoms with van der Waals surface area (Å²) in [6.45, 7) is 4.15. The van der Waals surface area contributed by atoms with Gasteiger partial charge in [-0.1, -0.05) is 23.7 Å². The van der Waals surface area contributed by atoms with E-state index >= 15 is 0 Å². The summed E-state index contributed by atoms with van der Waals surface area (Å²) in [5.74, 6) is 1.46. The van der Waals surface area contributed by atoms with Crippen molar-refractivity contribution in [3.63, 3.8) is 0 Å². The molecule has 0 radical (unpaired) electrons. The third kappa shape index (κ3) is 3.53. The molecule has 1 unspecified atom stereocenters. The van der Waals surface area contributed by atoms with Crippen LogP contribution >= 0.6 is 23.4 Å². The molecule has 1 fully saturated rings. The molecule has 1 atom stereocenters.